The lowest BCUT2D eigenvalue weighted by atomic mass is 10.2. The zero-order chi connectivity index (χ0) is 12.4. The SMILES string of the molecule is CCOC(=O)c1ccc2c(F)c(Br)ccc2n1. The Morgan fingerprint density at radius 2 is 2.18 bits per heavy atom. The molecule has 1 aromatic carbocycles. The van der Waals surface area contributed by atoms with E-state index in [1.165, 1.54) is 12.1 Å². The van der Waals surface area contributed by atoms with Crippen LogP contribution in [-0.4, -0.2) is 17.6 Å². The highest BCUT2D eigenvalue weighted by molar-refractivity contribution is 9.10. The van der Waals surface area contributed by atoms with Gasteiger partial charge < -0.3 is 4.74 Å². The van der Waals surface area contributed by atoms with E-state index < -0.39 is 5.97 Å². The van der Waals surface area contributed by atoms with Crippen LogP contribution < -0.4 is 0 Å². The van der Waals surface area contributed by atoms with Gasteiger partial charge in [-0.1, -0.05) is 0 Å². The molecule has 0 fully saturated rings. The number of esters is 1. The van der Waals surface area contributed by atoms with Crippen LogP contribution in [0, 0.1) is 5.82 Å². The second kappa shape index (κ2) is 4.79. The molecule has 0 N–H and O–H groups in total. The molecule has 2 rings (SSSR count). The third-order valence-corrected chi connectivity index (χ3v) is 2.86. The second-order valence-corrected chi connectivity index (χ2v) is 4.20. The van der Waals surface area contributed by atoms with Gasteiger partial charge in [-0.25, -0.2) is 14.2 Å². The van der Waals surface area contributed by atoms with Crippen LogP contribution >= 0.6 is 15.9 Å². The number of rotatable bonds is 2. The zero-order valence-corrected chi connectivity index (χ0v) is 10.6. The maximum absolute atomic E-state index is 13.7. The number of carbonyl (C=O) groups is 1. The molecule has 1 aromatic heterocycles. The van der Waals surface area contributed by atoms with Crippen molar-refractivity contribution in [2.45, 2.75) is 6.92 Å². The van der Waals surface area contributed by atoms with Crippen LogP contribution in [0.1, 0.15) is 17.4 Å². The summed E-state index contributed by atoms with van der Waals surface area (Å²) in [5.41, 5.74) is 0.609. The minimum Gasteiger partial charge on any atom is -0.461 e. The van der Waals surface area contributed by atoms with Crippen LogP contribution in [0.2, 0.25) is 0 Å². The van der Waals surface area contributed by atoms with Crippen molar-refractivity contribution in [1.29, 1.82) is 0 Å². The van der Waals surface area contributed by atoms with Gasteiger partial charge in [0, 0.05) is 5.39 Å². The lowest BCUT2D eigenvalue weighted by molar-refractivity contribution is 0.0520. The van der Waals surface area contributed by atoms with Gasteiger partial charge in [0.2, 0.25) is 0 Å². The Bertz CT molecular complexity index is 586. The van der Waals surface area contributed by atoms with Crippen molar-refractivity contribution in [3.05, 3.63) is 40.2 Å². The average Bonchev–Trinajstić information content (AvgIpc) is 2.34. The van der Waals surface area contributed by atoms with Crippen LogP contribution in [0.25, 0.3) is 10.9 Å². The molecule has 0 spiro atoms. The van der Waals surface area contributed by atoms with E-state index in [-0.39, 0.29) is 18.1 Å². The average molecular weight is 298 g/mol. The molecule has 2 aromatic rings. The molecule has 0 atom stereocenters. The van der Waals surface area contributed by atoms with Gasteiger partial charge in [0.25, 0.3) is 0 Å². The maximum atomic E-state index is 13.7. The van der Waals surface area contributed by atoms with Gasteiger partial charge in [0.05, 0.1) is 16.6 Å². The van der Waals surface area contributed by atoms with Gasteiger partial charge in [-0.05, 0) is 47.1 Å². The summed E-state index contributed by atoms with van der Waals surface area (Å²) in [5, 5.41) is 0.368. The van der Waals surface area contributed by atoms with Gasteiger partial charge >= 0.3 is 5.97 Å². The molecule has 1 heterocycles. The van der Waals surface area contributed by atoms with Crippen molar-refractivity contribution < 1.29 is 13.9 Å². The van der Waals surface area contributed by atoms with Gasteiger partial charge in [-0.3, -0.25) is 0 Å². The molecule has 0 amide bonds. The topological polar surface area (TPSA) is 39.2 Å². The standard InChI is InChI=1S/C12H9BrFNO2/c1-2-17-12(16)10-5-3-7-9(15-10)6-4-8(13)11(7)14/h3-6H,2H2,1H3. The third-order valence-electron chi connectivity index (χ3n) is 2.24. The summed E-state index contributed by atoms with van der Waals surface area (Å²) in [5.74, 6) is -0.886. The Morgan fingerprint density at radius 1 is 1.41 bits per heavy atom. The highest BCUT2D eigenvalue weighted by atomic mass is 79.9. The fourth-order valence-electron chi connectivity index (χ4n) is 1.46. The zero-order valence-electron chi connectivity index (χ0n) is 9.04. The molecular formula is C12H9BrFNO2. The summed E-state index contributed by atoms with van der Waals surface area (Å²) >= 11 is 3.09. The number of halogens is 2. The fourth-order valence-corrected chi connectivity index (χ4v) is 1.81. The number of aromatic nitrogens is 1. The molecule has 5 heteroatoms. The Hall–Kier alpha value is -1.49. The first-order valence-corrected chi connectivity index (χ1v) is 5.84. The van der Waals surface area contributed by atoms with E-state index in [0.29, 0.717) is 15.4 Å². The molecule has 0 saturated heterocycles. The first-order valence-electron chi connectivity index (χ1n) is 5.05. The van der Waals surface area contributed by atoms with Crippen LogP contribution in [0.3, 0.4) is 0 Å². The van der Waals surface area contributed by atoms with Crippen molar-refractivity contribution in [2.24, 2.45) is 0 Å². The number of hydrogen-bond acceptors (Lipinski definition) is 3. The molecule has 17 heavy (non-hydrogen) atoms. The lowest BCUT2D eigenvalue weighted by Gasteiger charge is -2.04. The number of carbonyl (C=O) groups excluding carboxylic acids is 1. The fraction of sp³-hybridized carbons (Fsp3) is 0.167. The van der Waals surface area contributed by atoms with Crippen molar-refractivity contribution in [2.75, 3.05) is 6.61 Å². The van der Waals surface area contributed by atoms with E-state index >= 15 is 0 Å². The van der Waals surface area contributed by atoms with E-state index in [1.54, 1.807) is 19.1 Å². The predicted molar refractivity (Wildman–Crippen MR) is 65.4 cm³/mol. The van der Waals surface area contributed by atoms with Gasteiger partial charge in [-0.2, -0.15) is 0 Å². The highest BCUT2D eigenvalue weighted by Crippen LogP contribution is 2.24. The van der Waals surface area contributed by atoms with Crippen LogP contribution in [0.4, 0.5) is 4.39 Å². The molecule has 88 valence electrons. The molecule has 3 nitrogen and oxygen atoms in total. The first kappa shape index (κ1) is 12.0. The number of fused-ring (bicyclic) bond motifs is 1. The summed E-state index contributed by atoms with van der Waals surface area (Å²) in [6, 6.07) is 6.18. The molecule has 0 radical (unpaired) electrons. The Morgan fingerprint density at radius 3 is 2.88 bits per heavy atom. The number of benzene rings is 1. The summed E-state index contributed by atoms with van der Waals surface area (Å²) < 4.78 is 18.9. The second-order valence-electron chi connectivity index (χ2n) is 3.35. The van der Waals surface area contributed by atoms with Crippen molar-refractivity contribution >= 4 is 32.8 Å². The summed E-state index contributed by atoms with van der Waals surface area (Å²) in [6.45, 7) is 2.00. The summed E-state index contributed by atoms with van der Waals surface area (Å²) in [6.07, 6.45) is 0. The van der Waals surface area contributed by atoms with E-state index in [4.69, 9.17) is 4.74 Å². The number of pyridine rings is 1. The molecule has 0 aliphatic heterocycles. The largest absolute Gasteiger partial charge is 0.461 e. The van der Waals surface area contributed by atoms with Gasteiger partial charge in [0.15, 0.2) is 0 Å². The third kappa shape index (κ3) is 2.29. The van der Waals surface area contributed by atoms with E-state index in [0.717, 1.165) is 0 Å². The summed E-state index contributed by atoms with van der Waals surface area (Å²) in [7, 11) is 0. The Balaban J connectivity index is 2.52. The lowest BCUT2D eigenvalue weighted by Crippen LogP contribution is -2.07. The van der Waals surface area contributed by atoms with Crippen LogP contribution in [0.5, 0.6) is 0 Å². The van der Waals surface area contributed by atoms with E-state index in [2.05, 4.69) is 20.9 Å². The number of nitrogens with zero attached hydrogens (tertiary/aromatic N) is 1. The van der Waals surface area contributed by atoms with E-state index in [9.17, 15) is 9.18 Å². The molecule has 0 unspecified atom stereocenters. The Kier molecular flexibility index (Phi) is 3.38. The van der Waals surface area contributed by atoms with E-state index in [1.807, 2.05) is 0 Å². The molecular weight excluding hydrogens is 289 g/mol. The monoisotopic (exact) mass is 297 g/mol. The maximum Gasteiger partial charge on any atom is 0.356 e. The molecule has 0 saturated carbocycles. The number of hydrogen-bond donors (Lipinski definition) is 0. The van der Waals surface area contributed by atoms with Gasteiger partial charge in [0.1, 0.15) is 11.5 Å². The van der Waals surface area contributed by atoms with Crippen molar-refractivity contribution in [3.63, 3.8) is 0 Å². The van der Waals surface area contributed by atoms with Crippen LogP contribution in [0.15, 0.2) is 28.7 Å². The minimum absolute atomic E-state index is 0.182. The highest BCUT2D eigenvalue weighted by Gasteiger charge is 2.11. The summed E-state index contributed by atoms with van der Waals surface area (Å²) in [4.78, 5) is 15.5. The van der Waals surface area contributed by atoms with Gasteiger partial charge in [-0.15, -0.1) is 0 Å². The first-order chi connectivity index (χ1) is 8.13. The number of ether oxygens (including phenoxy) is 1. The smallest absolute Gasteiger partial charge is 0.356 e. The van der Waals surface area contributed by atoms with Crippen LogP contribution in [-0.2, 0) is 4.74 Å². The molecule has 0 aliphatic carbocycles. The van der Waals surface area contributed by atoms with Crippen molar-refractivity contribution in [3.8, 4) is 0 Å². The minimum atomic E-state index is -0.502. The van der Waals surface area contributed by atoms with Crippen molar-refractivity contribution in [1.82, 2.24) is 4.98 Å². The molecule has 0 bridgehead atoms. The quantitative estimate of drug-likeness (QED) is 0.798. The molecule has 0 aliphatic rings. The Labute approximate surface area is 106 Å². The predicted octanol–water partition coefficient (Wildman–Crippen LogP) is 3.31. The normalized spacial score (nSPS) is 10.5.